The van der Waals surface area contributed by atoms with Gasteiger partial charge < -0.3 is 15.2 Å². The molecule has 1 aromatic rings. The van der Waals surface area contributed by atoms with Crippen molar-refractivity contribution in [3.05, 3.63) is 41.5 Å². The van der Waals surface area contributed by atoms with Crippen molar-refractivity contribution in [1.29, 1.82) is 0 Å². The molecule has 6 nitrogen and oxygen atoms in total. The zero-order valence-electron chi connectivity index (χ0n) is 13.9. The number of carboxylic acid groups (broad SMARTS) is 1. The molecule has 0 bridgehead atoms. The van der Waals surface area contributed by atoms with Gasteiger partial charge in [-0.2, -0.15) is 0 Å². The lowest BCUT2D eigenvalue weighted by molar-refractivity contribution is -0.148. The van der Waals surface area contributed by atoms with Crippen molar-refractivity contribution in [2.45, 2.75) is 20.3 Å². The molecule has 0 saturated heterocycles. The lowest BCUT2D eigenvalue weighted by Gasteiger charge is -2.31. The Balaban J connectivity index is 2.28. The first-order chi connectivity index (χ1) is 11.3. The van der Waals surface area contributed by atoms with E-state index in [9.17, 15) is 19.5 Å². The van der Waals surface area contributed by atoms with Crippen LogP contribution in [0, 0.1) is 17.8 Å². The Hall–Kier alpha value is -2.63. The van der Waals surface area contributed by atoms with Gasteiger partial charge in [-0.05, 0) is 31.4 Å². The summed E-state index contributed by atoms with van der Waals surface area (Å²) in [6.07, 6.45) is 2.28. The van der Waals surface area contributed by atoms with Crippen LogP contribution in [0.5, 0.6) is 0 Å². The Morgan fingerprint density at radius 3 is 2.54 bits per heavy atom. The van der Waals surface area contributed by atoms with Crippen LogP contribution in [0.4, 0.5) is 5.69 Å². The number of methoxy groups -OCH3 is 1. The van der Waals surface area contributed by atoms with E-state index in [1.165, 1.54) is 7.11 Å². The van der Waals surface area contributed by atoms with E-state index in [0.29, 0.717) is 12.1 Å². The summed E-state index contributed by atoms with van der Waals surface area (Å²) in [5, 5.41) is 12.2. The van der Waals surface area contributed by atoms with Crippen molar-refractivity contribution in [1.82, 2.24) is 0 Å². The van der Waals surface area contributed by atoms with E-state index >= 15 is 0 Å². The molecule has 0 fully saturated rings. The number of rotatable bonds is 4. The second kappa shape index (κ2) is 7.29. The summed E-state index contributed by atoms with van der Waals surface area (Å²) < 4.78 is 4.70. The summed E-state index contributed by atoms with van der Waals surface area (Å²) in [5.74, 6) is -3.67. The maximum atomic E-state index is 12.7. The van der Waals surface area contributed by atoms with Crippen LogP contribution in [0.3, 0.4) is 0 Å². The minimum absolute atomic E-state index is 0.233. The molecule has 1 aliphatic carbocycles. The Morgan fingerprint density at radius 2 is 1.92 bits per heavy atom. The molecule has 6 heteroatoms. The Bertz CT molecular complexity index is 694. The fraction of sp³-hybridized carbons (Fsp3) is 0.389. The number of esters is 1. The number of allylic oxidation sites excluding steroid dienone is 2. The molecule has 1 amide bonds. The number of ether oxygens (including phenoxy) is 1. The number of nitrogens with one attached hydrogen (secondary N) is 1. The zero-order chi connectivity index (χ0) is 17.9. The lowest BCUT2D eigenvalue weighted by atomic mass is 9.73. The van der Waals surface area contributed by atoms with Gasteiger partial charge in [0.2, 0.25) is 5.91 Å². The normalized spacial score (nSPS) is 23.1. The summed E-state index contributed by atoms with van der Waals surface area (Å²) in [4.78, 5) is 36.1. The molecule has 0 heterocycles. The summed E-state index contributed by atoms with van der Waals surface area (Å²) in [6, 6.07) is 6.49. The smallest absolute Gasteiger partial charge is 0.339 e. The zero-order valence-corrected chi connectivity index (χ0v) is 13.9. The van der Waals surface area contributed by atoms with E-state index in [1.807, 2.05) is 13.0 Å². The highest BCUT2D eigenvalue weighted by Gasteiger charge is 2.39. The highest BCUT2D eigenvalue weighted by molar-refractivity contribution is 6.02. The quantitative estimate of drug-likeness (QED) is 0.654. The first kappa shape index (κ1) is 17.7. The van der Waals surface area contributed by atoms with Gasteiger partial charge in [0.1, 0.15) is 0 Å². The molecule has 1 aromatic carbocycles. The van der Waals surface area contributed by atoms with Crippen molar-refractivity contribution in [3.8, 4) is 0 Å². The third kappa shape index (κ3) is 3.64. The minimum Gasteiger partial charge on any atom is -0.481 e. The summed E-state index contributed by atoms with van der Waals surface area (Å²) in [6.45, 7) is 3.68. The maximum Gasteiger partial charge on any atom is 0.339 e. The molecular weight excluding hydrogens is 310 g/mol. The van der Waals surface area contributed by atoms with Crippen molar-refractivity contribution in [3.63, 3.8) is 0 Å². The first-order valence-electron chi connectivity index (χ1n) is 7.73. The van der Waals surface area contributed by atoms with Crippen molar-refractivity contribution >= 4 is 23.5 Å². The Morgan fingerprint density at radius 1 is 1.25 bits per heavy atom. The van der Waals surface area contributed by atoms with Crippen molar-refractivity contribution in [2.24, 2.45) is 17.8 Å². The molecule has 128 valence electrons. The molecule has 2 rings (SSSR count). The summed E-state index contributed by atoms with van der Waals surface area (Å²) in [5.41, 5.74) is 1.54. The number of carbonyl (C=O) groups is 3. The molecule has 3 atom stereocenters. The molecule has 2 N–H and O–H groups in total. The molecule has 0 spiro atoms. The summed E-state index contributed by atoms with van der Waals surface area (Å²) >= 11 is 0. The number of amides is 1. The molecule has 0 unspecified atom stereocenters. The van der Waals surface area contributed by atoms with Gasteiger partial charge in [0.15, 0.2) is 0 Å². The number of aliphatic carboxylic acids is 1. The molecular formula is C18H21NO5. The predicted molar refractivity (Wildman–Crippen MR) is 88.6 cm³/mol. The molecule has 0 saturated carbocycles. The van der Waals surface area contributed by atoms with E-state index in [2.05, 4.69) is 5.32 Å². The number of carbonyl (C=O) groups excluding carboxylic acids is 2. The highest BCUT2D eigenvalue weighted by atomic mass is 16.5. The molecule has 1 aliphatic rings. The number of para-hydroxylation sites is 1. The minimum atomic E-state index is -0.993. The van der Waals surface area contributed by atoms with E-state index < -0.39 is 29.7 Å². The topological polar surface area (TPSA) is 92.7 Å². The second-order valence-corrected chi connectivity index (χ2v) is 6.07. The maximum absolute atomic E-state index is 12.7. The molecule has 0 aliphatic heterocycles. The molecule has 0 aromatic heterocycles. The number of benzene rings is 1. The third-order valence-corrected chi connectivity index (χ3v) is 4.30. The van der Waals surface area contributed by atoms with Gasteiger partial charge in [0.05, 0.1) is 30.2 Å². The predicted octanol–water partition coefficient (Wildman–Crippen LogP) is 2.71. The van der Waals surface area contributed by atoms with Gasteiger partial charge in [0.25, 0.3) is 0 Å². The van der Waals surface area contributed by atoms with Crippen molar-refractivity contribution in [2.75, 3.05) is 12.4 Å². The summed E-state index contributed by atoms with van der Waals surface area (Å²) in [7, 11) is 1.26. The number of hydrogen-bond donors (Lipinski definition) is 2. The Labute approximate surface area is 140 Å². The average molecular weight is 331 g/mol. The van der Waals surface area contributed by atoms with Crippen LogP contribution in [0.15, 0.2) is 35.9 Å². The van der Waals surface area contributed by atoms with Crippen molar-refractivity contribution < 1.29 is 24.2 Å². The van der Waals surface area contributed by atoms with Crippen LogP contribution in [-0.4, -0.2) is 30.1 Å². The van der Waals surface area contributed by atoms with Crippen LogP contribution in [0.2, 0.25) is 0 Å². The van der Waals surface area contributed by atoms with E-state index in [0.717, 1.165) is 5.57 Å². The van der Waals surface area contributed by atoms with Crippen LogP contribution >= 0.6 is 0 Å². The number of hydrogen-bond acceptors (Lipinski definition) is 4. The van der Waals surface area contributed by atoms with E-state index in [-0.39, 0.29) is 11.5 Å². The van der Waals surface area contributed by atoms with Gasteiger partial charge in [0, 0.05) is 0 Å². The van der Waals surface area contributed by atoms with Crippen LogP contribution < -0.4 is 5.32 Å². The van der Waals surface area contributed by atoms with Crippen LogP contribution in [-0.2, 0) is 14.3 Å². The largest absolute Gasteiger partial charge is 0.481 e. The Kier molecular flexibility index (Phi) is 5.39. The number of carboxylic acids is 1. The third-order valence-electron chi connectivity index (χ3n) is 4.30. The second-order valence-electron chi connectivity index (χ2n) is 6.07. The van der Waals surface area contributed by atoms with E-state index in [1.54, 1.807) is 31.2 Å². The average Bonchev–Trinajstić information content (AvgIpc) is 2.53. The SMILES string of the molecule is COC(=O)c1ccccc1NC(=O)[C@H]1CC(C)=C[C@@H](C)[C@H]1C(=O)O. The highest BCUT2D eigenvalue weighted by Crippen LogP contribution is 2.35. The lowest BCUT2D eigenvalue weighted by Crippen LogP contribution is -2.39. The van der Waals surface area contributed by atoms with Crippen LogP contribution in [0.1, 0.15) is 30.6 Å². The standard InChI is InChI=1S/C18H21NO5/c1-10-8-11(2)15(17(21)22)13(9-10)16(20)19-14-7-5-4-6-12(14)18(23)24-3/h4-8,11,13,15H,9H2,1-3H3,(H,19,20)(H,21,22)/t11-,13+,15-/m1/s1. The molecule has 24 heavy (non-hydrogen) atoms. The van der Waals surface area contributed by atoms with Gasteiger partial charge >= 0.3 is 11.9 Å². The van der Waals surface area contributed by atoms with Gasteiger partial charge in [-0.25, -0.2) is 4.79 Å². The van der Waals surface area contributed by atoms with Gasteiger partial charge in [-0.3, -0.25) is 9.59 Å². The van der Waals surface area contributed by atoms with Crippen LogP contribution in [0.25, 0.3) is 0 Å². The van der Waals surface area contributed by atoms with Gasteiger partial charge in [-0.1, -0.05) is 30.7 Å². The van der Waals surface area contributed by atoms with Gasteiger partial charge in [-0.15, -0.1) is 0 Å². The fourth-order valence-electron chi connectivity index (χ4n) is 3.22. The van der Waals surface area contributed by atoms with E-state index in [4.69, 9.17) is 4.74 Å². The number of anilines is 1. The molecule has 0 radical (unpaired) electrons. The first-order valence-corrected chi connectivity index (χ1v) is 7.73. The fourth-order valence-corrected chi connectivity index (χ4v) is 3.22. The monoisotopic (exact) mass is 331 g/mol.